The van der Waals surface area contributed by atoms with Gasteiger partial charge in [-0.1, -0.05) is 54.1 Å². The SMILES string of the molecule is O=c1oc(-c2cccc3ccccc23)nc2cccc(Cl)c12. The summed E-state index contributed by atoms with van der Waals surface area (Å²) in [5.74, 6) is 0.302. The Balaban J connectivity index is 2.08. The summed E-state index contributed by atoms with van der Waals surface area (Å²) in [7, 11) is 0. The van der Waals surface area contributed by atoms with Crippen LogP contribution >= 0.6 is 11.6 Å². The van der Waals surface area contributed by atoms with Gasteiger partial charge in [-0.25, -0.2) is 9.78 Å². The molecule has 0 aliphatic carbocycles. The minimum absolute atomic E-state index is 0.302. The molecule has 0 amide bonds. The molecule has 0 N–H and O–H groups in total. The van der Waals surface area contributed by atoms with Crippen LogP contribution in [0, 0.1) is 0 Å². The van der Waals surface area contributed by atoms with Crippen molar-refractivity contribution in [3.05, 3.63) is 76.1 Å². The van der Waals surface area contributed by atoms with Crippen molar-refractivity contribution in [3.63, 3.8) is 0 Å². The summed E-state index contributed by atoms with van der Waals surface area (Å²) in [6.45, 7) is 0. The molecule has 22 heavy (non-hydrogen) atoms. The zero-order valence-corrected chi connectivity index (χ0v) is 12.2. The molecular formula is C18H10ClNO2. The Kier molecular flexibility index (Phi) is 2.94. The van der Waals surface area contributed by atoms with Gasteiger partial charge >= 0.3 is 5.63 Å². The van der Waals surface area contributed by atoms with Crippen LogP contribution in [0.3, 0.4) is 0 Å². The Morgan fingerprint density at radius 1 is 0.909 bits per heavy atom. The van der Waals surface area contributed by atoms with Gasteiger partial charge in [-0.3, -0.25) is 0 Å². The summed E-state index contributed by atoms with van der Waals surface area (Å²) in [5, 5.41) is 2.72. The number of halogens is 1. The minimum atomic E-state index is -0.474. The lowest BCUT2D eigenvalue weighted by Crippen LogP contribution is -2.03. The molecule has 0 saturated carbocycles. The first-order valence-electron chi connectivity index (χ1n) is 6.81. The Labute approximate surface area is 130 Å². The van der Waals surface area contributed by atoms with Crippen molar-refractivity contribution in [1.82, 2.24) is 4.98 Å². The standard InChI is InChI=1S/C18H10ClNO2/c19-14-9-4-10-15-16(14)18(21)22-17(20-15)13-8-3-6-11-5-1-2-7-12(11)13/h1-10H. The van der Waals surface area contributed by atoms with Crippen LogP contribution in [0.25, 0.3) is 33.1 Å². The average molecular weight is 308 g/mol. The van der Waals surface area contributed by atoms with Crippen LogP contribution in [0.4, 0.5) is 0 Å². The molecular weight excluding hydrogens is 298 g/mol. The first-order valence-corrected chi connectivity index (χ1v) is 7.19. The molecule has 4 aromatic rings. The number of nitrogens with zero attached hydrogens (tertiary/aromatic N) is 1. The number of benzene rings is 3. The number of fused-ring (bicyclic) bond motifs is 2. The van der Waals surface area contributed by atoms with E-state index in [1.807, 2.05) is 42.5 Å². The molecule has 0 fully saturated rings. The van der Waals surface area contributed by atoms with E-state index in [0.29, 0.717) is 21.8 Å². The molecule has 106 valence electrons. The van der Waals surface area contributed by atoms with Gasteiger partial charge in [0.15, 0.2) is 0 Å². The van der Waals surface area contributed by atoms with E-state index in [9.17, 15) is 4.79 Å². The highest BCUT2D eigenvalue weighted by Gasteiger charge is 2.12. The monoisotopic (exact) mass is 307 g/mol. The lowest BCUT2D eigenvalue weighted by molar-refractivity contribution is 0.519. The molecule has 0 saturated heterocycles. The molecule has 0 atom stereocenters. The van der Waals surface area contributed by atoms with Gasteiger partial charge < -0.3 is 4.42 Å². The van der Waals surface area contributed by atoms with Gasteiger partial charge in [-0.05, 0) is 29.0 Å². The van der Waals surface area contributed by atoms with Gasteiger partial charge in [0.25, 0.3) is 0 Å². The quantitative estimate of drug-likeness (QED) is 0.513. The Hall–Kier alpha value is -2.65. The molecule has 0 unspecified atom stereocenters. The molecule has 0 spiro atoms. The lowest BCUT2D eigenvalue weighted by atomic mass is 10.0. The third-order valence-corrected chi connectivity index (χ3v) is 3.94. The number of aromatic nitrogens is 1. The van der Waals surface area contributed by atoms with Crippen LogP contribution in [0.5, 0.6) is 0 Å². The summed E-state index contributed by atoms with van der Waals surface area (Å²) in [6.07, 6.45) is 0. The summed E-state index contributed by atoms with van der Waals surface area (Å²) in [6, 6.07) is 18.9. The van der Waals surface area contributed by atoms with Crippen molar-refractivity contribution in [3.8, 4) is 11.5 Å². The maximum absolute atomic E-state index is 12.2. The van der Waals surface area contributed by atoms with E-state index in [2.05, 4.69) is 4.98 Å². The smallest absolute Gasteiger partial charge is 0.348 e. The normalized spacial score (nSPS) is 11.1. The van der Waals surface area contributed by atoms with Gasteiger partial charge in [0.1, 0.15) is 5.39 Å². The van der Waals surface area contributed by atoms with Gasteiger partial charge in [0.2, 0.25) is 5.89 Å². The average Bonchev–Trinajstić information content (AvgIpc) is 2.54. The van der Waals surface area contributed by atoms with Crippen LogP contribution in [0.15, 0.2) is 69.9 Å². The molecule has 0 aliphatic rings. The minimum Gasteiger partial charge on any atom is -0.403 e. The Bertz CT molecular complexity index is 1060. The number of hydrogen-bond acceptors (Lipinski definition) is 3. The van der Waals surface area contributed by atoms with Crippen molar-refractivity contribution < 1.29 is 4.42 Å². The fourth-order valence-electron chi connectivity index (χ4n) is 2.61. The summed E-state index contributed by atoms with van der Waals surface area (Å²) >= 11 is 6.06. The summed E-state index contributed by atoms with van der Waals surface area (Å²) in [5.41, 5.74) is 0.849. The highest BCUT2D eigenvalue weighted by molar-refractivity contribution is 6.35. The molecule has 0 radical (unpaired) electrons. The molecule has 0 bridgehead atoms. The fourth-order valence-corrected chi connectivity index (χ4v) is 2.85. The summed E-state index contributed by atoms with van der Waals surface area (Å²) in [4.78, 5) is 16.7. The van der Waals surface area contributed by atoms with Crippen molar-refractivity contribution in [2.45, 2.75) is 0 Å². The third-order valence-electron chi connectivity index (χ3n) is 3.63. The van der Waals surface area contributed by atoms with E-state index in [1.54, 1.807) is 18.2 Å². The van der Waals surface area contributed by atoms with E-state index < -0.39 is 5.63 Å². The summed E-state index contributed by atoms with van der Waals surface area (Å²) < 4.78 is 5.41. The van der Waals surface area contributed by atoms with Crippen LogP contribution < -0.4 is 5.63 Å². The molecule has 4 rings (SSSR count). The van der Waals surface area contributed by atoms with Crippen molar-refractivity contribution in [2.75, 3.05) is 0 Å². The van der Waals surface area contributed by atoms with E-state index >= 15 is 0 Å². The predicted octanol–water partition coefficient (Wildman–Crippen LogP) is 4.66. The first-order chi connectivity index (χ1) is 10.7. The zero-order chi connectivity index (χ0) is 15.1. The van der Waals surface area contributed by atoms with E-state index in [4.69, 9.17) is 16.0 Å². The molecule has 1 aromatic heterocycles. The lowest BCUT2D eigenvalue weighted by Gasteiger charge is -2.06. The van der Waals surface area contributed by atoms with Gasteiger partial charge in [0.05, 0.1) is 10.5 Å². The zero-order valence-electron chi connectivity index (χ0n) is 11.4. The van der Waals surface area contributed by atoms with Crippen LogP contribution in [0.1, 0.15) is 0 Å². The molecule has 3 aromatic carbocycles. The highest BCUT2D eigenvalue weighted by atomic mass is 35.5. The van der Waals surface area contributed by atoms with Crippen molar-refractivity contribution in [2.24, 2.45) is 0 Å². The molecule has 1 heterocycles. The Morgan fingerprint density at radius 3 is 2.59 bits per heavy atom. The second-order valence-corrected chi connectivity index (χ2v) is 5.37. The van der Waals surface area contributed by atoms with Crippen LogP contribution in [-0.2, 0) is 0 Å². The van der Waals surface area contributed by atoms with Crippen LogP contribution in [0.2, 0.25) is 5.02 Å². The maximum atomic E-state index is 12.2. The third kappa shape index (κ3) is 1.98. The second kappa shape index (κ2) is 4.97. The van der Waals surface area contributed by atoms with E-state index in [1.165, 1.54) is 0 Å². The maximum Gasteiger partial charge on any atom is 0.348 e. The van der Waals surface area contributed by atoms with Crippen molar-refractivity contribution in [1.29, 1.82) is 0 Å². The van der Waals surface area contributed by atoms with Gasteiger partial charge in [-0.15, -0.1) is 0 Å². The van der Waals surface area contributed by atoms with Gasteiger partial charge in [0, 0.05) is 5.56 Å². The second-order valence-electron chi connectivity index (χ2n) is 4.97. The predicted molar refractivity (Wildman–Crippen MR) is 88.2 cm³/mol. The van der Waals surface area contributed by atoms with E-state index in [0.717, 1.165) is 16.3 Å². The molecule has 4 heteroatoms. The van der Waals surface area contributed by atoms with Gasteiger partial charge in [-0.2, -0.15) is 0 Å². The van der Waals surface area contributed by atoms with Crippen LogP contribution in [-0.4, -0.2) is 4.98 Å². The number of rotatable bonds is 1. The van der Waals surface area contributed by atoms with E-state index in [-0.39, 0.29) is 0 Å². The Morgan fingerprint density at radius 2 is 1.68 bits per heavy atom. The molecule has 3 nitrogen and oxygen atoms in total. The number of hydrogen-bond donors (Lipinski definition) is 0. The first kappa shape index (κ1) is 13.0. The molecule has 0 aliphatic heterocycles. The van der Waals surface area contributed by atoms with Crippen molar-refractivity contribution >= 4 is 33.3 Å². The highest BCUT2D eigenvalue weighted by Crippen LogP contribution is 2.28. The fraction of sp³-hybridized carbons (Fsp3) is 0. The largest absolute Gasteiger partial charge is 0.403 e. The topological polar surface area (TPSA) is 43.1 Å².